The van der Waals surface area contributed by atoms with Gasteiger partial charge in [-0.2, -0.15) is 0 Å². The minimum atomic E-state index is -0.814. The molecule has 1 aromatic carbocycles. The predicted molar refractivity (Wildman–Crippen MR) is 66.7 cm³/mol. The van der Waals surface area contributed by atoms with E-state index in [0.717, 1.165) is 18.6 Å². The highest BCUT2D eigenvalue weighted by Crippen LogP contribution is 2.19. The van der Waals surface area contributed by atoms with Gasteiger partial charge in [-0.25, -0.2) is 8.78 Å². The second-order valence-corrected chi connectivity index (χ2v) is 4.27. The molecule has 0 radical (unpaired) electrons. The molecule has 6 heteroatoms. The molecule has 0 bridgehead atoms. The van der Waals surface area contributed by atoms with Gasteiger partial charge >= 0.3 is 0 Å². The minimum absolute atomic E-state index is 0. The van der Waals surface area contributed by atoms with Crippen LogP contribution in [-0.4, -0.2) is 30.4 Å². The first-order chi connectivity index (χ1) is 8.11. The van der Waals surface area contributed by atoms with Crippen molar-refractivity contribution in [2.45, 2.75) is 6.42 Å². The first kappa shape index (κ1) is 14.9. The van der Waals surface area contributed by atoms with Crippen LogP contribution in [0.3, 0.4) is 0 Å². The van der Waals surface area contributed by atoms with E-state index >= 15 is 0 Å². The van der Waals surface area contributed by atoms with Gasteiger partial charge in [-0.05, 0) is 31.0 Å². The lowest BCUT2D eigenvalue weighted by atomic mass is 10.1. The molecule has 0 saturated carbocycles. The molecule has 0 aromatic heterocycles. The summed E-state index contributed by atoms with van der Waals surface area (Å²) in [5.74, 6) is -1.60. The summed E-state index contributed by atoms with van der Waals surface area (Å²) in [4.78, 5) is 13.5. The molecular formula is C12H15ClF2N2O. The van der Waals surface area contributed by atoms with E-state index in [4.69, 9.17) is 5.73 Å². The maximum atomic E-state index is 13.4. The van der Waals surface area contributed by atoms with Crippen LogP contribution >= 0.6 is 12.4 Å². The molecule has 3 nitrogen and oxygen atoms in total. The lowest BCUT2D eigenvalue weighted by molar-refractivity contribution is 0.0783. The molecule has 2 rings (SSSR count). The van der Waals surface area contributed by atoms with Crippen LogP contribution in [0.15, 0.2) is 18.2 Å². The van der Waals surface area contributed by atoms with Crippen molar-refractivity contribution in [2.24, 2.45) is 11.7 Å². The van der Waals surface area contributed by atoms with E-state index in [1.54, 1.807) is 4.90 Å². The third-order valence-electron chi connectivity index (χ3n) is 3.07. The number of nitrogens with zero attached hydrogens (tertiary/aromatic N) is 1. The van der Waals surface area contributed by atoms with Crippen molar-refractivity contribution in [3.63, 3.8) is 0 Å². The number of carbonyl (C=O) groups excluding carboxylic acids is 1. The Labute approximate surface area is 110 Å². The molecule has 2 N–H and O–H groups in total. The van der Waals surface area contributed by atoms with Crippen LogP contribution < -0.4 is 5.73 Å². The van der Waals surface area contributed by atoms with Crippen molar-refractivity contribution in [1.82, 2.24) is 4.90 Å². The van der Waals surface area contributed by atoms with Gasteiger partial charge in [-0.15, -0.1) is 12.4 Å². The van der Waals surface area contributed by atoms with E-state index < -0.39 is 17.5 Å². The Morgan fingerprint density at radius 2 is 2.17 bits per heavy atom. The maximum Gasteiger partial charge on any atom is 0.256 e. The molecule has 18 heavy (non-hydrogen) atoms. The Hall–Kier alpha value is -1.20. The number of nitrogens with two attached hydrogens (primary N) is 1. The Balaban J connectivity index is 0.00000162. The van der Waals surface area contributed by atoms with Crippen molar-refractivity contribution in [1.29, 1.82) is 0 Å². The van der Waals surface area contributed by atoms with E-state index in [9.17, 15) is 13.6 Å². The Morgan fingerprint density at radius 3 is 2.72 bits per heavy atom. The number of carbonyl (C=O) groups is 1. The van der Waals surface area contributed by atoms with Gasteiger partial charge < -0.3 is 10.6 Å². The standard InChI is InChI=1S/C12H14F2N2O.ClH/c13-9-1-2-10(11(14)5-9)12(17)16-4-3-8(6-15)7-16;/h1-2,5,8H,3-4,6-7,15H2;1H. The second-order valence-electron chi connectivity index (χ2n) is 4.27. The molecule has 1 atom stereocenters. The fourth-order valence-electron chi connectivity index (χ4n) is 2.04. The van der Waals surface area contributed by atoms with Crippen molar-refractivity contribution >= 4 is 18.3 Å². The fourth-order valence-corrected chi connectivity index (χ4v) is 2.04. The molecule has 1 saturated heterocycles. The fraction of sp³-hybridized carbons (Fsp3) is 0.417. The summed E-state index contributed by atoms with van der Waals surface area (Å²) in [5.41, 5.74) is 5.44. The number of amides is 1. The summed E-state index contributed by atoms with van der Waals surface area (Å²) in [5, 5.41) is 0. The van der Waals surface area contributed by atoms with Crippen LogP contribution in [0.1, 0.15) is 16.8 Å². The lowest BCUT2D eigenvalue weighted by Gasteiger charge is -2.16. The van der Waals surface area contributed by atoms with Crippen molar-refractivity contribution in [3.05, 3.63) is 35.4 Å². The number of hydrogen-bond acceptors (Lipinski definition) is 2. The van der Waals surface area contributed by atoms with Crippen molar-refractivity contribution in [3.8, 4) is 0 Å². The Morgan fingerprint density at radius 1 is 1.44 bits per heavy atom. The quantitative estimate of drug-likeness (QED) is 0.895. The summed E-state index contributed by atoms with van der Waals surface area (Å²) in [6, 6.07) is 3.00. The summed E-state index contributed by atoms with van der Waals surface area (Å²) in [7, 11) is 0. The zero-order valence-corrected chi connectivity index (χ0v) is 10.6. The monoisotopic (exact) mass is 276 g/mol. The summed E-state index contributed by atoms with van der Waals surface area (Å²) >= 11 is 0. The molecular weight excluding hydrogens is 262 g/mol. The van der Waals surface area contributed by atoms with Gasteiger partial charge in [-0.1, -0.05) is 0 Å². The number of halogens is 3. The normalized spacial score (nSPS) is 18.6. The van der Waals surface area contributed by atoms with E-state index in [-0.39, 0.29) is 23.9 Å². The van der Waals surface area contributed by atoms with Gasteiger partial charge in [0.15, 0.2) is 0 Å². The van der Waals surface area contributed by atoms with Gasteiger partial charge in [0.1, 0.15) is 11.6 Å². The van der Waals surface area contributed by atoms with Crippen LogP contribution in [0.4, 0.5) is 8.78 Å². The largest absolute Gasteiger partial charge is 0.338 e. The summed E-state index contributed by atoms with van der Waals surface area (Å²) in [6.07, 6.45) is 0.838. The minimum Gasteiger partial charge on any atom is -0.338 e. The number of rotatable bonds is 2. The summed E-state index contributed by atoms with van der Waals surface area (Å²) in [6.45, 7) is 1.65. The smallest absolute Gasteiger partial charge is 0.256 e. The average molecular weight is 277 g/mol. The highest BCUT2D eigenvalue weighted by atomic mass is 35.5. The predicted octanol–water partition coefficient (Wildman–Crippen LogP) is 1.81. The topological polar surface area (TPSA) is 46.3 Å². The molecule has 1 aliphatic heterocycles. The third-order valence-corrected chi connectivity index (χ3v) is 3.07. The van der Waals surface area contributed by atoms with Gasteiger partial charge in [-0.3, -0.25) is 4.79 Å². The van der Waals surface area contributed by atoms with Crippen LogP contribution in [0.5, 0.6) is 0 Å². The van der Waals surface area contributed by atoms with E-state index in [1.807, 2.05) is 0 Å². The van der Waals surface area contributed by atoms with Gasteiger partial charge in [0.05, 0.1) is 5.56 Å². The molecule has 0 aliphatic carbocycles. The zero-order chi connectivity index (χ0) is 12.4. The third kappa shape index (κ3) is 2.97. The molecule has 1 heterocycles. The molecule has 1 aliphatic rings. The number of hydrogen-bond donors (Lipinski definition) is 1. The molecule has 100 valence electrons. The van der Waals surface area contributed by atoms with Crippen molar-refractivity contribution < 1.29 is 13.6 Å². The van der Waals surface area contributed by atoms with Gasteiger partial charge in [0.2, 0.25) is 0 Å². The first-order valence-corrected chi connectivity index (χ1v) is 5.56. The number of likely N-dealkylation sites (tertiary alicyclic amines) is 1. The Kier molecular flexibility index (Phi) is 5.04. The van der Waals surface area contributed by atoms with Gasteiger partial charge in [0.25, 0.3) is 5.91 Å². The molecule has 1 fully saturated rings. The van der Waals surface area contributed by atoms with E-state index in [0.29, 0.717) is 19.6 Å². The van der Waals surface area contributed by atoms with E-state index in [2.05, 4.69) is 0 Å². The van der Waals surface area contributed by atoms with E-state index in [1.165, 1.54) is 6.07 Å². The lowest BCUT2D eigenvalue weighted by Crippen LogP contribution is -2.30. The first-order valence-electron chi connectivity index (χ1n) is 5.56. The SMILES string of the molecule is Cl.NCC1CCN(C(=O)c2ccc(F)cc2F)C1. The Bertz CT molecular complexity index is 442. The molecule has 1 aromatic rings. The molecule has 1 amide bonds. The second kappa shape index (κ2) is 6.11. The van der Waals surface area contributed by atoms with Crippen molar-refractivity contribution in [2.75, 3.05) is 19.6 Å². The number of benzene rings is 1. The highest BCUT2D eigenvalue weighted by Gasteiger charge is 2.27. The van der Waals surface area contributed by atoms with Crippen LogP contribution in [0.25, 0.3) is 0 Å². The average Bonchev–Trinajstić information content (AvgIpc) is 2.76. The maximum absolute atomic E-state index is 13.4. The van der Waals surface area contributed by atoms with Gasteiger partial charge in [0, 0.05) is 19.2 Å². The summed E-state index contributed by atoms with van der Waals surface area (Å²) < 4.78 is 26.1. The zero-order valence-electron chi connectivity index (χ0n) is 9.73. The van der Waals surface area contributed by atoms with Crippen LogP contribution in [0.2, 0.25) is 0 Å². The molecule has 0 spiro atoms. The van der Waals surface area contributed by atoms with Crippen LogP contribution in [-0.2, 0) is 0 Å². The highest BCUT2D eigenvalue weighted by molar-refractivity contribution is 5.94. The molecule has 1 unspecified atom stereocenters. The van der Waals surface area contributed by atoms with Crippen LogP contribution in [0, 0.1) is 17.6 Å².